The van der Waals surface area contributed by atoms with Gasteiger partial charge in [0.1, 0.15) is 0 Å². The van der Waals surface area contributed by atoms with Crippen molar-refractivity contribution in [2.24, 2.45) is 0 Å². The molecule has 4 aromatic carbocycles. The summed E-state index contributed by atoms with van der Waals surface area (Å²) in [5, 5.41) is 13.4. The normalized spacial score (nSPS) is 11.7. The highest BCUT2D eigenvalue weighted by molar-refractivity contribution is 7.99. The number of carbonyl (C=O) groups is 1. The summed E-state index contributed by atoms with van der Waals surface area (Å²) in [4.78, 5) is 13.2. The number of benzene rings is 4. The number of hydrogen-bond acceptors (Lipinski definition) is 4. The smallest absolute Gasteiger partial charge is 0.230 e. The highest BCUT2D eigenvalue weighted by Crippen LogP contribution is 2.29. The largest absolute Gasteiger partial charge is 0.348 e. The van der Waals surface area contributed by atoms with Crippen LogP contribution in [0.25, 0.3) is 17.1 Å². The molecule has 5 nitrogen and oxygen atoms in total. The maximum Gasteiger partial charge on any atom is 0.230 e. The quantitative estimate of drug-likeness (QED) is 0.203. The number of nitrogens with one attached hydrogen (secondary N) is 1. The van der Waals surface area contributed by atoms with E-state index in [-0.39, 0.29) is 17.7 Å². The Balaban J connectivity index is 1.37. The molecule has 0 saturated heterocycles. The predicted octanol–water partition coefficient (Wildman–Crippen LogP) is 7.09. The van der Waals surface area contributed by atoms with E-state index >= 15 is 0 Å². The molecule has 0 spiro atoms. The Kier molecular flexibility index (Phi) is 8.22. The topological polar surface area (TPSA) is 59.8 Å². The van der Waals surface area contributed by atoms with Crippen LogP contribution >= 0.6 is 23.4 Å². The molecular weight excluding hydrogens is 512 g/mol. The molecular formula is C31H27ClN4OS. The summed E-state index contributed by atoms with van der Waals surface area (Å²) < 4.78 is 1.95. The Morgan fingerprint density at radius 3 is 2.32 bits per heavy atom. The Hall–Kier alpha value is -3.87. The molecule has 0 aliphatic carbocycles. The Labute approximate surface area is 231 Å². The highest BCUT2D eigenvalue weighted by Gasteiger charge is 2.20. The molecule has 0 fully saturated rings. The average Bonchev–Trinajstić information content (AvgIpc) is 3.37. The molecule has 7 heteroatoms. The van der Waals surface area contributed by atoms with Gasteiger partial charge in [0.15, 0.2) is 11.0 Å². The van der Waals surface area contributed by atoms with Crippen LogP contribution in [-0.4, -0.2) is 26.4 Å². The summed E-state index contributed by atoms with van der Waals surface area (Å²) in [5.74, 6) is 0.823. The molecule has 1 amide bonds. The van der Waals surface area contributed by atoms with E-state index in [4.69, 9.17) is 11.6 Å². The number of halogens is 1. The van der Waals surface area contributed by atoms with Crippen LogP contribution in [0.15, 0.2) is 114 Å². The first kappa shape index (κ1) is 25.8. The zero-order valence-corrected chi connectivity index (χ0v) is 22.5. The molecule has 0 aliphatic rings. The zero-order chi connectivity index (χ0) is 26.3. The highest BCUT2D eigenvalue weighted by atomic mass is 35.5. The van der Waals surface area contributed by atoms with Gasteiger partial charge >= 0.3 is 0 Å². The van der Waals surface area contributed by atoms with Gasteiger partial charge in [0, 0.05) is 10.6 Å². The first-order valence-corrected chi connectivity index (χ1v) is 13.7. The number of carbonyl (C=O) groups excluding carboxylic acids is 1. The van der Waals surface area contributed by atoms with E-state index in [0.717, 1.165) is 27.9 Å². The lowest BCUT2D eigenvalue weighted by Crippen LogP contribution is -2.31. The minimum absolute atomic E-state index is 0.0719. The molecule has 38 heavy (non-hydrogen) atoms. The third-order valence-electron chi connectivity index (χ3n) is 6.16. The third-order valence-corrected chi connectivity index (χ3v) is 7.33. The number of rotatable bonds is 9. The van der Waals surface area contributed by atoms with Gasteiger partial charge in [0.05, 0.1) is 17.5 Å². The number of hydrogen-bond donors (Lipinski definition) is 1. The summed E-state index contributed by atoms with van der Waals surface area (Å²) in [6.45, 7) is 2.05. The first-order valence-electron chi connectivity index (χ1n) is 12.4. The second-order valence-corrected chi connectivity index (χ2v) is 10.4. The van der Waals surface area contributed by atoms with Crippen molar-refractivity contribution in [3.63, 3.8) is 0 Å². The van der Waals surface area contributed by atoms with Crippen molar-refractivity contribution < 1.29 is 4.79 Å². The second-order valence-electron chi connectivity index (χ2n) is 9.00. The number of aryl methyl sites for hydroxylation is 1. The fourth-order valence-electron chi connectivity index (χ4n) is 4.25. The minimum Gasteiger partial charge on any atom is -0.348 e. The van der Waals surface area contributed by atoms with Crippen molar-refractivity contribution in [1.29, 1.82) is 0 Å². The van der Waals surface area contributed by atoms with Crippen molar-refractivity contribution in [2.75, 3.05) is 5.75 Å². The summed E-state index contributed by atoms with van der Waals surface area (Å²) in [5.41, 5.74) is 5.17. The molecule has 0 radical (unpaired) electrons. The van der Waals surface area contributed by atoms with Gasteiger partial charge in [-0.25, -0.2) is 0 Å². The summed E-state index contributed by atoms with van der Waals surface area (Å²) in [6, 6.07) is 35.8. The monoisotopic (exact) mass is 538 g/mol. The fourth-order valence-corrected chi connectivity index (χ4v) is 5.20. The lowest BCUT2D eigenvalue weighted by atomic mass is 9.99. The standard InChI is InChI=1S/C31H27ClN4OS/c1-22-15-17-25(18-16-22)30-34-35-31(36(30)27-14-8-13-26(32)20-27)38-21-29(37)33-28(24-11-6-3-7-12-24)19-23-9-4-2-5-10-23/h2-18,20,28H,19,21H2,1H3,(H,33,37). The number of aromatic nitrogens is 3. The summed E-state index contributed by atoms with van der Waals surface area (Å²) >= 11 is 7.67. The van der Waals surface area contributed by atoms with Crippen molar-refractivity contribution in [3.8, 4) is 17.1 Å². The van der Waals surface area contributed by atoms with Gasteiger partial charge in [-0.05, 0) is 42.7 Å². The van der Waals surface area contributed by atoms with Crippen LogP contribution in [0.1, 0.15) is 22.7 Å². The molecule has 0 aliphatic heterocycles. The maximum atomic E-state index is 13.2. The van der Waals surface area contributed by atoms with Crippen LogP contribution < -0.4 is 5.32 Å². The maximum absolute atomic E-state index is 13.2. The Bertz CT molecular complexity index is 1500. The van der Waals surface area contributed by atoms with E-state index in [0.29, 0.717) is 22.4 Å². The van der Waals surface area contributed by atoms with Crippen LogP contribution in [0.5, 0.6) is 0 Å². The average molecular weight is 539 g/mol. The van der Waals surface area contributed by atoms with Crippen LogP contribution in [0.3, 0.4) is 0 Å². The molecule has 0 saturated carbocycles. The van der Waals surface area contributed by atoms with Gasteiger partial charge in [0.25, 0.3) is 0 Å². The number of thioether (sulfide) groups is 1. The Morgan fingerprint density at radius 1 is 0.895 bits per heavy atom. The van der Waals surface area contributed by atoms with Gasteiger partial charge in [-0.2, -0.15) is 0 Å². The minimum atomic E-state index is -0.138. The van der Waals surface area contributed by atoms with Crippen LogP contribution in [0, 0.1) is 6.92 Å². The Morgan fingerprint density at radius 2 is 1.61 bits per heavy atom. The van der Waals surface area contributed by atoms with E-state index in [1.54, 1.807) is 0 Å². The summed E-state index contributed by atoms with van der Waals surface area (Å²) in [7, 11) is 0. The molecule has 190 valence electrons. The van der Waals surface area contributed by atoms with Crippen LogP contribution in [0.4, 0.5) is 0 Å². The fraction of sp³-hybridized carbons (Fsp3) is 0.129. The third kappa shape index (κ3) is 6.33. The molecule has 1 heterocycles. The van der Waals surface area contributed by atoms with E-state index < -0.39 is 0 Å². The van der Waals surface area contributed by atoms with Gasteiger partial charge in [-0.15, -0.1) is 10.2 Å². The lowest BCUT2D eigenvalue weighted by molar-refractivity contribution is -0.119. The van der Waals surface area contributed by atoms with E-state index in [1.807, 2.05) is 109 Å². The molecule has 1 N–H and O–H groups in total. The first-order chi connectivity index (χ1) is 18.6. The van der Waals surface area contributed by atoms with Crippen molar-refractivity contribution in [1.82, 2.24) is 20.1 Å². The van der Waals surface area contributed by atoms with E-state index in [2.05, 4.69) is 27.6 Å². The van der Waals surface area contributed by atoms with E-state index in [9.17, 15) is 4.79 Å². The molecule has 1 aromatic heterocycles. The molecule has 1 atom stereocenters. The molecule has 5 aromatic rings. The predicted molar refractivity (Wildman–Crippen MR) is 155 cm³/mol. The van der Waals surface area contributed by atoms with Gasteiger partial charge in [-0.3, -0.25) is 9.36 Å². The summed E-state index contributed by atoms with van der Waals surface area (Å²) in [6.07, 6.45) is 0.706. The van der Waals surface area contributed by atoms with Gasteiger partial charge < -0.3 is 5.32 Å². The van der Waals surface area contributed by atoms with Gasteiger partial charge in [0.2, 0.25) is 5.91 Å². The van der Waals surface area contributed by atoms with Crippen molar-refractivity contribution >= 4 is 29.3 Å². The molecule has 5 rings (SSSR count). The number of amides is 1. The molecule has 1 unspecified atom stereocenters. The van der Waals surface area contributed by atoms with Gasteiger partial charge in [-0.1, -0.05) is 120 Å². The van der Waals surface area contributed by atoms with Crippen LogP contribution in [-0.2, 0) is 11.2 Å². The second kappa shape index (κ2) is 12.1. The number of nitrogens with zero attached hydrogens (tertiary/aromatic N) is 3. The SMILES string of the molecule is Cc1ccc(-c2nnc(SCC(=O)NC(Cc3ccccc3)c3ccccc3)n2-c2cccc(Cl)c2)cc1. The lowest BCUT2D eigenvalue weighted by Gasteiger charge is -2.19. The van der Waals surface area contributed by atoms with Crippen molar-refractivity contribution in [2.45, 2.75) is 24.5 Å². The zero-order valence-electron chi connectivity index (χ0n) is 20.9. The van der Waals surface area contributed by atoms with Crippen LogP contribution in [0.2, 0.25) is 5.02 Å². The van der Waals surface area contributed by atoms with E-state index in [1.165, 1.54) is 11.8 Å². The molecule has 0 bridgehead atoms. The van der Waals surface area contributed by atoms with Crippen molar-refractivity contribution in [3.05, 3.63) is 131 Å².